The Bertz CT molecular complexity index is 781. The van der Waals surface area contributed by atoms with Gasteiger partial charge in [-0.05, 0) is 26.7 Å². The maximum absolute atomic E-state index is 12.1. The molecule has 26 heavy (non-hydrogen) atoms. The molecule has 3 rings (SSSR count). The van der Waals surface area contributed by atoms with E-state index in [4.69, 9.17) is 15.2 Å². The molecule has 2 aromatic rings. The highest BCUT2D eigenvalue weighted by molar-refractivity contribution is 5.78. The van der Waals surface area contributed by atoms with Crippen molar-refractivity contribution in [2.45, 2.75) is 32.6 Å². The van der Waals surface area contributed by atoms with Crippen LogP contribution in [0, 0.1) is 13.8 Å². The molecule has 0 radical (unpaired) electrons. The second kappa shape index (κ2) is 7.41. The molecule has 8 heteroatoms. The molecule has 0 bridgehead atoms. The van der Waals surface area contributed by atoms with Gasteiger partial charge >= 0.3 is 0 Å². The molecule has 1 aliphatic rings. The van der Waals surface area contributed by atoms with E-state index in [1.165, 1.54) is 0 Å². The van der Waals surface area contributed by atoms with Crippen LogP contribution >= 0.6 is 0 Å². The molecule has 0 spiro atoms. The summed E-state index contributed by atoms with van der Waals surface area (Å²) in [5.74, 6) is 1.51. The summed E-state index contributed by atoms with van der Waals surface area (Å²) < 4.78 is 5.35. The fourth-order valence-corrected chi connectivity index (χ4v) is 3.53. The Balaban J connectivity index is 2.06. The smallest absolute Gasteiger partial charge is 0.236 e. The van der Waals surface area contributed by atoms with Gasteiger partial charge in [-0.25, -0.2) is 9.97 Å². The third kappa shape index (κ3) is 3.41. The van der Waals surface area contributed by atoms with Gasteiger partial charge in [0.1, 0.15) is 5.76 Å². The number of hydrogen-bond donors (Lipinski definition) is 1. The molecule has 8 nitrogen and oxygen atoms in total. The number of aryl methyl sites for hydroxylation is 2. The van der Waals surface area contributed by atoms with Crippen LogP contribution < -0.4 is 10.6 Å². The van der Waals surface area contributed by atoms with Crippen molar-refractivity contribution in [3.05, 3.63) is 23.3 Å². The summed E-state index contributed by atoms with van der Waals surface area (Å²) in [7, 11) is 3.83. The number of rotatable bonds is 4. The molecule has 1 saturated heterocycles. The first-order chi connectivity index (χ1) is 12.4. The van der Waals surface area contributed by atoms with Gasteiger partial charge in [-0.1, -0.05) is 5.16 Å². The van der Waals surface area contributed by atoms with E-state index in [1.54, 1.807) is 0 Å². The van der Waals surface area contributed by atoms with Gasteiger partial charge in [0.2, 0.25) is 11.9 Å². The first-order valence-corrected chi connectivity index (χ1v) is 8.87. The van der Waals surface area contributed by atoms with E-state index in [-0.39, 0.29) is 18.4 Å². The molecule has 140 valence electrons. The SMILES string of the molecule is Cc1noc(C)c1-c1cnc(N(C)C)nc1[C@@H]1CCCN(C(=O)CN)C1. The van der Waals surface area contributed by atoms with Crippen molar-refractivity contribution in [3.8, 4) is 11.1 Å². The zero-order valence-corrected chi connectivity index (χ0v) is 15.8. The van der Waals surface area contributed by atoms with Gasteiger partial charge in [-0.15, -0.1) is 0 Å². The van der Waals surface area contributed by atoms with Gasteiger partial charge < -0.3 is 20.1 Å². The summed E-state index contributed by atoms with van der Waals surface area (Å²) in [6, 6.07) is 0. The normalized spacial score (nSPS) is 17.4. The van der Waals surface area contributed by atoms with Crippen LogP contribution in [-0.2, 0) is 4.79 Å². The molecule has 2 N–H and O–H groups in total. The monoisotopic (exact) mass is 358 g/mol. The summed E-state index contributed by atoms with van der Waals surface area (Å²) >= 11 is 0. The maximum atomic E-state index is 12.1. The highest BCUT2D eigenvalue weighted by atomic mass is 16.5. The predicted octanol–water partition coefficient (Wildman–Crippen LogP) is 1.48. The van der Waals surface area contributed by atoms with Crippen LogP contribution in [0.3, 0.4) is 0 Å². The Morgan fingerprint density at radius 2 is 2.19 bits per heavy atom. The van der Waals surface area contributed by atoms with Crippen LogP contribution in [0.4, 0.5) is 5.95 Å². The summed E-state index contributed by atoms with van der Waals surface area (Å²) in [6.07, 6.45) is 3.74. The number of anilines is 1. The maximum Gasteiger partial charge on any atom is 0.236 e. The molecule has 2 aromatic heterocycles. The average Bonchev–Trinajstić information content (AvgIpc) is 2.98. The number of nitrogens with two attached hydrogens (primary N) is 1. The average molecular weight is 358 g/mol. The minimum Gasteiger partial charge on any atom is -0.361 e. The zero-order valence-electron chi connectivity index (χ0n) is 15.8. The van der Waals surface area contributed by atoms with Crippen molar-refractivity contribution in [2.75, 3.05) is 38.6 Å². The molecule has 0 saturated carbocycles. The minimum absolute atomic E-state index is 0.0181. The standard InChI is InChI=1S/C18H26N6O2/c1-11-16(12(2)26-22-11)14-9-20-18(23(3)4)21-17(14)13-6-5-7-24(10-13)15(25)8-19/h9,13H,5-8,10,19H2,1-4H3/t13-/m1/s1. The number of hydrogen-bond acceptors (Lipinski definition) is 7. The predicted molar refractivity (Wildman–Crippen MR) is 98.9 cm³/mol. The van der Waals surface area contributed by atoms with Gasteiger partial charge in [-0.3, -0.25) is 4.79 Å². The fourth-order valence-electron chi connectivity index (χ4n) is 3.53. The van der Waals surface area contributed by atoms with Gasteiger partial charge in [0.25, 0.3) is 0 Å². The number of carbonyl (C=O) groups excluding carboxylic acids is 1. The van der Waals surface area contributed by atoms with Gasteiger partial charge in [0.15, 0.2) is 0 Å². The number of piperidine rings is 1. The lowest BCUT2D eigenvalue weighted by Crippen LogP contribution is -2.42. The number of likely N-dealkylation sites (tertiary alicyclic amines) is 1. The summed E-state index contributed by atoms with van der Waals surface area (Å²) in [6.45, 7) is 5.22. The van der Waals surface area contributed by atoms with Gasteiger partial charge in [-0.2, -0.15) is 0 Å². The number of carbonyl (C=O) groups is 1. The van der Waals surface area contributed by atoms with E-state index in [0.29, 0.717) is 12.5 Å². The first-order valence-electron chi connectivity index (χ1n) is 8.87. The highest BCUT2D eigenvalue weighted by Crippen LogP contribution is 2.36. The summed E-state index contributed by atoms with van der Waals surface area (Å²) in [4.78, 5) is 25.1. The molecule has 0 unspecified atom stereocenters. The molecule has 1 aliphatic heterocycles. The second-order valence-electron chi connectivity index (χ2n) is 6.95. The fraction of sp³-hybridized carbons (Fsp3) is 0.556. The van der Waals surface area contributed by atoms with E-state index in [0.717, 1.165) is 47.7 Å². The molecular weight excluding hydrogens is 332 g/mol. The topological polar surface area (TPSA) is 101 Å². The van der Waals surface area contributed by atoms with Crippen molar-refractivity contribution in [3.63, 3.8) is 0 Å². The highest BCUT2D eigenvalue weighted by Gasteiger charge is 2.29. The van der Waals surface area contributed by atoms with E-state index < -0.39 is 0 Å². The van der Waals surface area contributed by atoms with E-state index >= 15 is 0 Å². The molecule has 3 heterocycles. The van der Waals surface area contributed by atoms with Crippen LogP contribution in [-0.4, -0.2) is 59.7 Å². The lowest BCUT2D eigenvalue weighted by atomic mass is 9.89. The van der Waals surface area contributed by atoms with Crippen LogP contribution in [0.25, 0.3) is 11.1 Å². The van der Waals surface area contributed by atoms with Crippen molar-refractivity contribution in [1.29, 1.82) is 0 Å². The molecular formula is C18H26N6O2. The van der Waals surface area contributed by atoms with Crippen LogP contribution in [0.2, 0.25) is 0 Å². The molecule has 0 aliphatic carbocycles. The van der Waals surface area contributed by atoms with Crippen molar-refractivity contribution in [1.82, 2.24) is 20.0 Å². The quantitative estimate of drug-likeness (QED) is 0.883. The lowest BCUT2D eigenvalue weighted by molar-refractivity contribution is -0.130. The van der Waals surface area contributed by atoms with E-state index in [9.17, 15) is 4.79 Å². The second-order valence-corrected chi connectivity index (χ2v) is 6.95. The molecule has 0 aromatic carbocycles. The van der Waals surface area contributed by atoms with Crippen molar-refractivity contribution in [2.24, 2.45) is 5.73 Å². The molecule has 1 amide bonds. The number of nitrogens with zero attached hydrogens (tertiary/aromatic N) is 5. The van der Waals surface area contributed by atoms with E-state index in [1.807, 2.05) is 43.9 Å². The third-order valence-electron chi connectivity index (χ3n) is 4.84. The number of aromatic nitrogens is 3. The van der Waals surface area contributed by atoms with Crippen molar-refractivity contribution >= 4 is 11.9 Å². The molecule has 1 fully saturated rings. The van der Waals surface area contributed by atoms with Crippen LogP contribution in [0.5, 0.6) is 0 Å². The summed E-state index contributed by atoms with van der Waals surface area (Å²) in [5.41, 5.74) is 9.17. The largest absolute Gasteiger partial charge is 0.361 e. The van der Waals surface area contributed by atoms with Gasteiger partial charge in [0.05, 0.1) is 23.5 Å². The minimum atomic E-state index is -0.0181. The van der Waals surface area contributed by atoms with E-state index in [2.05, 4.69) is 10.1 Å². The first kappa shape index (κ1) is 18.3. The lowest BCUT2D eigenvalue weighted by Gasteiger charge is -2.33. The Kier molecular flexibility index (Phi) is 5.22. The van der Waals surface area contributed by atoms with Gasteiger partial charge in [0, 0.05) is 44.9 Å². The Labute approximate surface area is 153 Å². The Hall–Kier alpha value is -2.48. The number of amides is 1. The zero-order chi connectivity index (χ0) is 18.8. The molecule has 1 atom stereocenters. The summed E-state index contributed by atoms with van der Waals surface area (Å²) in [5, 5.41) is 4.07. The Morgan fingerprint density at radius 1 is 1.42 bits per heavy atom. The van der Waals surface area contributed by atoms with Crippen LogP contribution in [0.15, 0.2) is 10.7 Å². The Morgan fingerprint density at radius 3 is 2.81 bits per heavy atom. The van der Waals surface area contributed by atoms with Crippen molar-refractivity contribution < 1.29 is 9.32 Å². The van der Waals surface area contributed by atoms with Crippen LogP contribution in [0.1, 0.15) is 35.9 Å². The third-order valence-corrected chi connectivity index (χ3v) is 4.84.